The number of allylic oxidation sites excluding steroid dienone is 2. The molecule has 1 fully saturated rings. The maximum Gasteiger partial charge on any atom is 0.243 e. The van der Waals surface area contributed by atoms with E-state index in [1.165, 1.54) is 0 Å². The molecule has 2 aliphatic carbocycles. The lowest BCUT2D eigenvalue weighted by molar-refractivity contribution is -0.118. The maximum absolute atomic E-state index is 13.6. The first kappa shape index (κ1) is 20.3. The largest absolute Gasteiger partial charge is 0.493 e. The van der Waals surface area contributed by atoms with Gasteiger partial charge in [-0.1, -0.05) is 30.3 Å². The van der Waals surface area contributed by atoms with E-state index < -0.39 is 15.4 Å². The number of methoxy groups -OCH3 is 2. The lowest BCUT2D eigenvalue weighted by Gasteiger charge is -2.56. The topological polar surface area (TPSA) is 72.9 Å². The average molecular weight is 440 g/mol. The third-order valence-corrected chi connectivity index (χ3v) is 9.04. The monoisotopic (exact) mass is 439 g/mol. The Hall–Kier alpha value is -2.64. The molecule has 5 rings (SSSR count). The third-order valence-electron chi connectivity index (χ3n) is 7.11. The van der Waals surface area contributed by atoms with Crippen LogP contribution >= 0.6 is 0 Å². The predicted octanol–water partition coefficient (Wildman–Crippen LogP) is 3.11. The van der Waals surface area contributed by atoms with Gasteiger partial charge >= 0.3 is 0 Å². The third kappa shape index (κ3) is 2.87. The minimum Gasteiger partial charge on any atom is -0.493 e. The zero-order valence-electron chi connectivity index (χ0n) is 17.6. The Balaban J connectivity index is 1.70. The van der Waals surface area contributed by atoms with Crippen LogP contribution in [0.25, 0.3) is 0 Å². The van der Waals surface area contributed by atoms with Crippen molar-refractivity contribution in [3.63, 3.8) is 0 Å². The van der Waals surface area contributed by atoms with Crippen LogP contribution in [0.1, 0.15) is 24.0 Å². The van der Waals surface area contributed by atoms with Gasteiger partial charge in [0.15, 0.2) is 17.3 Å². The summed E-state index contributed by atoms with van der Waals surface area (Å²) in [4.78, 5) is 12.7. The SMILES string of the molecule is COc1ccc2c(c1OC)[C@@]13C=CC(=O)C[C@H]1[C@@H](C2)N(S(=O)(=O)c1ccccc1)CC3. The number of hydrogen-bond donors (Lipinski definition) is 0. The van der Waals surface area contributed by atoms with Gasteiger partial charge in [-0.15, -0.1) is 0 Å². The van der Waals surface area contributed by atoms with Crippen LogP contribution in [-0.2, 0) is 26.7 Å². The van der Waals surface area contributed by atoms with Gasteiger partial charge in [0.25, 0.3) is 0 Å². The standard InChI is InChI=1S/C24H25NO5S/c1-29-21-9-8-16-14-20-19-15-17(26)10-11-24(19,22(16)23(21)30-2)12-13-25(20)31(27,28)18-6-4-3-5-7-18/h3-11,19-20H,12-15H2,1-2H3/t19-,20+,24+/m0/s1. The zero-order chi connectivity index (χ0) is 21.8. The second kappa shape index (κ2) is 7.21. The Morgan fingerprint density at radius 2 is 1.81 bits per heavy atom. The number of rotatable bonds is 4. The molecular formula is C24H25NO5S. The lowest BCUT2D eigenvalue weighted by atomic mass is 9.54. The maximum atomic E-state index is 13.6. The normalized spacial score (nSPS) is 27.4. The number of ether oxygens (including phenoxy) is 2. The van der Waals surface area contributed by atoms with Crippen molar-refractivity contribution in [1.82, 2.24) is 4.31 Å². The van der Waals surface area contributed by atoms with E-state index in [1.54, 1.807) is 54.9 Å². The summed E-state index contributed by atoms with van der Waals surface area (Å²) in [5.41, 5.74) is 1.64. The number of piperidine rings is 1. The molecule has 0 radical (unpaired) electrons. The quantitative estimate of drug-likeness (QED) is 0.732. The van der Waals surface area contributed by atoms with Crippen molar-refractivity contribution < 1.29 is 22.7 Å². The fraction of sp³-hybridized carbons (Fsp3) is 0.375. The van der Waals surface area contributed by atoms with E-state index in [4.69, 9.17) is 9.47 Å². The molecule has 3 aliphatic rings. The molecule has 6 nitrogen and oxygen atoms in total. The molecule has 0 aromatic heterocycles. The summed E-state index contributed by atoms with van der Waals surface area (Å²) in [6.45, 7) is 0.386. The van der Waals surface area contributed by atoms with Crippen molar-refractivity contribution in [2.75, 3.05) is 20.8 Å². The highest BCUT2D eigenvalue weighted by molar-refractivity contribution is 7.89. The number of hydrogen-bond acceptors (Lipinski definition) is 5. The Morgan fingerprint density at radius 3 is 2.52 bits per heavy atom. The van der Waals surface area contributed by atoms with Gasteiger partial charge in [0.1, 0.15) is 0 Å². The van der Waals surface area contributed by atoms with Crippen molar-refractivity contribution in [3.8, 4) is 11.5 Å². The molecule has 0 saturated carbocycles. The van der Waals surface area contributed by atoms with E-state index >= 15 is 0 Å². The molecule has 2 bridgehead atoms. The van der Waals surface area contributed by atoms with Crippen LogP contribution in [-0.4, -0.2) is 45.3 Å². The molecule has 2 aromatic carbocycles. The first-order valence-corrected chi connectivity index (χ1v) is 11.9. The minimum atomic E-state index is -3.67. The number of benzene rings is 2. The summed E-state index contributed by atoms with van der Waals surface area (Å²) in [7, 11) is -0.434. The van der Waals surface area contributed by atoms with Crippen molar-refractivity contribution in [2.24, 2.45) is 5.92 Å². The molecule has 0 spiro atoms. The summed E-state index contributed by atoms with van der Waals surface area (Å²) in [5.74, 6) is 1.22. The molecule has 31 heavy (non-hydrogen) atoms. The van der Waals surface area contributed by atoms with Crippen molar-refractivity contribution >= 4 is 15.8 Å². The Morgan fingerprint density at radius 1 is 1.03 bits per heavy atom. The van der Waals surface area contributed by atoms with E-state index in [0.717, 1.165) is 11.1 Å². The molecule has 1 heterocycles. The number of carbonyl (C=O) groups is 1. The number of fused-ring (bicyclic) bond motifs is 1. The van der Waals surface area contributed by atoms with Crippen LogP contribution in [0, 0.1) is 5.92 Å². The highest BCUT2D eigenvalue weighted by atomic mass is 32.2. The summed E-state index contributed by atoms with van der Waals surface area (Å²) in [5, 5.41) is 0. The van der Waals surface area contributed by atoms with Crippen LogP contribution in [0.15, 0.2) is 59.5 Å². The fourth-order valence-electron chi connectivity index (χ4n) is 5.78. The lowest BCUT2D eigenvalue weighted by Crippen LogP contribution is -2.61. The van der Waals surface area contributed by atoms with E-state index in [0.29, 0.717) is 42.2 Å². The second-order valence-corrected chi connectivity index (χ2v) is 10.3. The van der Waals surface area contributed by atoms with Gasteiger partial charge in [-0.2, -0.15) is 4.31 Å². The summed E-state index contributed by atoms with van der Waals surface area (Å²) in [6, 6.07) is 12.1. The number of carbonyl (C=O) groups excluding carboxylic acids is 1. The Bertz CT molecular complexity index is 1170. The van der Waals surface area contributed by atoms with Crippen LogP contribution in [0.2, 0.25) is 0 Å². The molecule has 0 unspecified atom stereocenters. The molecule has 0 amide bonds. The molecule has 0 N–H and O–H groups in total. The first-order valence-electron chi connectivity index (χ1n) is 10.5. The van der Waals surface area contributed by atoms with Gasteiger partial charge in [-0.25, -0.2) is 8.42 Å². The van der Waals surface area contributed by atoms with Crippen LogP contribution in [0.4, 0.5) is 0 Å². The van der Waals surface area contributed by atoms with Gasteiger partial charge < -0.3 is 9.47 Å². The molecule has 1 saturated heterocycles. The van der Waals surface area contributed by atoms with Crippen LogP contribution in [0.5, 0.6) is 11.5 Å². The predicted molar refractivity (Wildman–Crippen MR) is 116 cm³/mol. The Labute approximate surface area is 182 Å². The van der Waals surface area contributed by atoms with Crippen molar-refractivity contribution in [3.05, 3.63) is 65.7 Å². The second-order valence-electron chi connectivity index (χ2n) is 8.44. The number of sulfonamides is 1. The molecule has 1 aliphatic heterocycles. The molecule has 162 valence electrons. The zero-order valence-corrected chi connectivity index (χ0v) is 18.4. The van der Waals surface area contributed by atoms with Gasteiger partial charge in [-0.05, 0) is 48.6 Å². The molecular weight excluding hydrogens is 414 g/mol. The van der Waals surface area contributed by atoms with Gasteiger partial charge in [-0.3, -0.25) is 4.79 Å². The summed E-state index contributed by atoms with van der Waals surface area (Å²) in [6.07, 6.45) is 5.09. The van der Waals surface area contributed by atoms with E-state index in [2.05, 4.69) is 0 Å². The highest BCUT2D eigenvalue weighted by Gasteiger charge is 2.57. The summed E-state index contributed by atoms with van der Waals surface area (Å²) >= 11 is 0. The van der Waals surface area contributed by atoms with Gasteiger partial charge in [0.2, 0.25) is 10.0 Å². The van der Waals surface area contributed by atoms with E-state index in [-0.39, 0.29) is 17.7 Å². The van der Waals surface area contributed by atoms with E-state index in [9.17, 15) is 13.2 Å². The Kier molecular flexibility index (Phi) is 4.71. The smallest absolute Gasteiger partial charge is 0.243 e. The van der Waals surface area contributed by atoms with Crippen LogP contribution in [0.3, 0.4) is 0 Å². The molecule has 3 atom stereocenters. The highest BCUT2D eigenvalue weighted by Crippen LogP contribution is 2.57. The van der Waals surface area contributed by atoms with Gasteiger partial charge in [0.05, 0.1) is 19.1 Å². The molecule has 2 aromatic rings. The molecule has 7 heteroatoms. The fourth-order valence-corrected chi connectivity index (χ4v) is 7.46. The summed E-state index contributed by atoms with van der Waals surface area (Å²) < 4.78 is 40.1. The number of nitrogens with zero attached hydrogens (tertiary/aromatic N) is 1. The van der Waals surface area contributed by atoms with E-state index in [1.807, 2.05) is 18.2 Å². The average Bonchev–Trinajstić information content (AvgIpc) is 2.78. The van der Waals surface area contributed by atoms with Gasteiger partial charge in [0, 0.05) is 30.0 Å². The van der Waals surface area contributed by atoms with Crippen molar-refractivity contribution in [1.29, 1.82) is 0 Å². The first-order chi connectivity index (χ1) is 14.9. The number of ketones is 1. The van der Waals surface area contributed by atoms with Crippen molar-refractivity contribution in [2.45, 2.75) is 35.6 Å². The van der Waals surface area contributed by atoms with Crippen LogP contribution < -0.4 is 9.47 Å². The minimum absolute atomic E-state index is 0.0369.